The van der Waals surface area contributed by atoms with Gasteiger partial charge in [0.15, 0.2) is 0 Å². The predicted molar refractivity (Wildman–Crippen MR) is 40.0 cm³/mol. The van der Waals surface area contributed by atoms with Crippen LogP contribution in [0.15, 0.2) is 22.2 Å². The Bertz CT molecular complexity index is 230. The third kappa shape index (κ3) is 4.76. The smallest absolute Gasteiger partial charge is 0.165 e. The first-order valence-corrected chi connectivity index (χ1v) is 3.68. The molecule has 0 aromatic heterocycles. The van der Waals surface area contributed by atoms with Crippen molar-refractivity contribution < 1.29 is 26.3 Å². The van der Waals surface area contributed by atoms with Crippen LogP contribution in [0.3, 0.4) is 0 Å². The Labute approximate surface area is 84.8 Å². The average Bonchev–Trinajstić information content (AvgIpc) is 1.95. The van der Waals surface area contributed by atoms with E-state index in [1.165, 1.54) is 0 Å². The highest BCUT2D eigenvalue weighted by Gasteiger charge is 2.34. The van der Waals surface area contributed by atoms with Gasteiger partial charge < -0.3 is 0 Å². The predicted octanol–water partition coefficient (Wildman–Crippen LogP) is 4.36. The van der Waals surface area contributed by atoms with Crippen molar-refractivity contribution in [2.24, 2.45) is 0 Å². The van der Waals surface area contributed by atoms with Crippen LogP contribution in [0.5, 0.6) is 0 Å². The minimum absolute atomic E-state index is 0.0391. The number of halogens is 8. The van der Waals surface area contributed by atoms with Crippen LogP contribution in [0.4, 0.5) is 26.3 Å². The van der Waals surface area contributed by atoms with E-state index in [0.717, 1.165) is 0 Å². The van der Waals surface area contributed by atoms with Crippen molar-refractivity contribution in [3.8, 4) is 0 Å². The van der Waals surface area contributed by atoms with Gasteiger partial charge in [-0.05, 0) is 12.2 Å². The van der Waals surface area contributed by atoms with Crippen LogP contribution < -0.4 is 0 Å². The summed E-state index contributed by atoms with van der Waals surface area (Å²) < 4.78 is 69.9. The monoisotopic (exact) mass is 258 g/mol. The Morgan fingerprint density at radius 1 is 0.714 bits per heavy atom. The Morgan fingerprint density at radius 3 is 1.07 bits per heavy atom. The highest BCUT2D eigenvalue weighted by molar-refractivity contribution is 6.31. The van der Waals surface area contributed by atoms with E-state index >= 15 is 0 Å². The summed E-state index contributed by atoms with van der Waals surface area (Å²) in [6.07, 6.45) is -9.67. The molecular formula is C6H2Cl2F6. The van der Waals surface area contributed by atoms with Gasteiger partial charge in [0, 0.05) is 0 Å². The summed E-state index contributed by atoms with van der Waals surface area (Å²) >= 11 is 9.23. The number of hydrogen-bond donors (Lipinski definition) is 0. The highest BCUT2D eigenvalue weighted by atomic mass is 35.5. The minimum atomic E-state index is -4.87. The Kier molecular flexibility index (Phi) is 4.33. The standard InChI is InChI=1S/C6H2Cl2F6/c7-3(5(9,10)11)1-2-4(8)6(12,13)14/h1-2H/b3-1-,4-2+. The lowest BCUT2D eigenvalue weighted by molar-refractivity contribution is -0.0866. The van der Waals surface area contributed by atoms with Crippen LogP contribution >= 0.6 is 23.2 Å². The Hall–Kier alpha value is -0.360. The summed E-state index contributed by atoms with van der Waals surface area (Å²) in [5.74, 6) is 0. The van der Waals surface area contributed by atoms with Crippen LogP contribution in [0, 0.1) is 0 Å². The minimum Gasteiger partial charge on any atom is -0.165 e. The molecule has 0 radical (unpaired) electrons. The summed E-state index contributed by atoms with van der Waals surface area (Å²) in [4.78, 5) is 0. The molecule has 0 bridgehead atoms. The SMILES string of the molecule is FC(F)(F)/C(Cl)=C/C=C(/Cl)C(F)(F)F. The van der Waals surface area contributed by atoms with Crippen LogP contribution in [0.1, 0.15) is 0 Å². The van der Waals surface area contributed by atoms with E-state index in [0.29, 0.717) is 0 Å². The third-order valence-electron chi connectivity index (χ3n) is 0.918. The maximum Gasteiger partial charge on any atom is 0.426 e. The average molecular weight is 259 g/mol. The van der Waals surface area contributed by atoms with E-state index in [-0.39, 0.29) is 12.2 Å². The molecule has 0 heterocycles. The molecule has 0 saturated heterocycles. The van der Waals surface area contributed by atoms with E-state index in [9.17, 15) is 26.3 Å². The molecule has 0 unspecified atom stereocenters. The molecule has 0 N–H and O–H groups in total. The summed E-state index contributed by atoms with van der Waals surface area (Å²) in [6.45, 7) is 0. The first kappa shape index (κ1) is 13.6. The molecule has 0 aliphatic rings. The van der Waals surface area contributed by atoms with Gasteiger partial charge in [0.25, 0.3) is 0 Å². The molecule has 0 fully saturated rings. The lowest BCUT2D eigenvalue weighted by atomic mass is 10.4. The molecule has 14 heavy (non-hydrogen) atoms. The zero-order valence-corrected chi connectivity index (χ0v) is 7.69. The second-order valence-electron chi connectivity index (χ2n) is 2.02. The van der Waals surface area contributed by atoms with Gasteiger partial charge in [0.2, 0.25) is 0 Å². The topological polar surface area (TPSA) is 0 Å². The van der Waals surface area contributed by atoms with Crippen LogP contribution in [0.2, 0.25) is 0 Å². The highest BCUT2D eigenvalue weighted by Crippen LogP contribution is 2.31. The molecule has 0 saturated carbocycles. The maximum atomic E-state index is 11.6. The molecule has 0 rings (SSSR count). The fourth-order valence-electron chi connectivity index (χ4n) is 0.335. The summed E-state index contributed by atoms with van der Waals surface area (Å²) in [5, 5.41) is -3.36. The summed E-state index contributed by atoms with van der Waals surface area (Å²) in [6, 6.07) is 0. The molecule has 82 valence electrons. The molecule has 0 aromatic rings. The third-order valence-corrected chi connectivity index (χ3v) is 1.60. The number of hydrogen-bond acceptors (Lipinski definition) is 0. The van der Waals surface area contributed by atoms with Gasteiger partial charge in [0.05, 0.1) is 0 Å². The largest absolute Gasteiger partial charge is 0.426 e. The zero-order valence-electron chi connectivity index (χ0n) is 6.18. The molecule has 0 spiro atoms. The second kappa shape index (κ2) is 4.44. The normalized spacial score (nSPS) is 16.0. The maximum absolute atomic E-state index is 11.6. The van der Waals surface area contributed by atoms with Gasteiger partial charge in [-0.25, -0.2) is 0 Å². The van der Waals surface area contributed by atoms with Crippen LogP contribution in [-0.4, -0.2) is 12.4 Å². The van der Waals surface area contributed by atoms with Crippen molar-refractivity contribution in [2.45, 2.75) is 12.4 Å². The van der Waals surface area contributed by atoms with Gasteiger partial charge in [0.1, 0.15) is 10.1 Å². The number of alkyl halides is 6. The van der Waals surface area contributed by atoms with Crippen molar-refractivity contribution in [3.05, 3.63) is 22.2 Å². The molecule has 0 nitrogen and oxygen atoms in total. The number of allylic oxidation sites excluding steroid dienone is 4. The van der Waals surface area contributed by atoms with Gasteiger partial charge >= 0.3 is 12.4 Å². The Balaban J connectivity index is 4.73. The van der Waals surface area contributed by atoms with E-state index in [1.54, 1.807) is 0 Å². The molecule has 8 heteroatoms. The van der Waals surface area contributed by atoms with Crippen molar-refractivity contribution in [1.82, 2.24) is 0 Å². The molecule has 0 aromatic carbocycles. The Morgan fingerprint density at radius 2 is 0.929 bits per heavy atom. The first-order chi connectivity index (χ1) is 6.05. The zero-order chi connectivity index (χ0) is 11.6. The van der Waals surface area contributed by atoms with E-state index in [1.807, 2.05) is 0 Å². The molecular weight excluding hydrogens is 257 g/mol. The lowest BCUT2D eigenvalue weighted by Gasteiger charge is -2.04. The fraction of sp³-hybridized carbons (Fsp3) is 0.333. The van der Waals surface area contributed by atoms with Gasteiger partial charge in [-0.2, -0.15) is 26.3 Å². The van der Waals surface area contributed by atoms with Crippen LogP contribution in [-0.2, 0) is 0 Å². The van der Waals surface area contributed by atoms with Gasteiger partial charge in [-0.1, -0.05) is 23.2 Å². The van der Waals surface area contributed by atoms with Crippen molar-refractivity contribution in [2.75, 3.05) is 0 Å². The van der Waals surface area contributed by atoms with E-state index < -0.39 is 22.4 Å². The van der Waals surface area contributed by atoms with Crippen molar-refractivity contribution in [3.63, 3.8) is 0 Å². The van der Waals surface area contributed by atoms with Crippen LogP contribution in [0.25, 0.3) is 0 Å². The fourth-order valence-corrected chi connectivity index (χ4v) is 0.461. The van der Waals surface area contributed by atoms with Gasteiger partial charge in [-0.15, -0.1) is 0 Å². The van der Waals surface area contributed by atoms with E-state index in [2.05, 4.69) is 23.2 Å². The van der Waals surface area contributed by atoms with Crippen molar-refractivity contribution in [1.29, 1.82) is 0 Å². The second-order valence-corrected chi connectivity index (χ2v) is 2.84. The van der Waals surface area contributed by atoms with E-state index in [4.69, 9.17) is 0 Å². The quantitative estimate of drug-likeness (QED) is 0.484. The molecule has 0 aliphatic heterocycles. The first-order valence-electron chi connectivity index (χ1n) is 2.92. The number of rotatable bonds is 1. The van der Waals surface area contributed by atoms with Gasteiger partial charge in [-0.3, -0.25) is 0 Å². The molecule has 0 atom stereocenters. The summed E-state index contributed by atoms with van der Waals surface area (Å²) in [7, 11) is 0. The molecule has 0 aliphatic carbocycles. The molecule has 0 amide bonds. The van der Waals surface area contributed by atoms with Crippen molar-refractivity contribution >= 4 is 23.2 Å². The lowest BCUT2D eigenvalue weighted by Crippen LogP contribution is -2.08. The summed E-state index contributed by atoms with van der Waals surface area (Å²) in [5.41, 5.74) is 0.